The van der Waals surface area contributed by atoms with Gasteiger partial charge in [0.25, 0.3) is 5.91 Å². The standard InChI is InChI=1S/C19H23N3O4S2/c1-12(14-5-8-16(9-6-14)28(25,26)20-3)21-19(24)15-7-10-17(22-13(2)23)18(11-15)27-4/h5-12,20H,1-4H3,(H,21,24)(H,22,23). The number of anilines is 1. The first-order valence-corrected chi connectivity index (χ1v) is 11.2. The summed E-state index contributed by atoms with van der Waals surface area (Å²) in [6.07, 6.45) is 1.87. The van der Waals surface area contributed by atoms with E-state index in [9.17, 15) is 18.0 Å². The molecule has 2 aromatic rings. The monoisotopic (exact) mass is 421 g/mol. The molecule has 0 aromatic heterocycles. The molecular weight excluding hydrogens is 398 g/mol. The second kappa shape index (κ2) is 9.22. The summed E-state index contributed by atoms with van der Waals surface area (Å²) >= 11 is 1.43. The maximum atomic E-state index is 12.6. The molecule has 0 aliphatic rings. The van der Waals surface area contributed by atoms with Crippen LogP contribution in [0.2, 0.25) is 0 Å². The van der Waals surface area contributed by atoms with Gasteiger partial charge >= 0.3 is 0 Å². The van der Waals surface area contributed by atoms with Crippen molar-refractivity contribution in [2.24, 2.45) is 0 Å². The lowest BCUT2D eigenvalue weighted by atomic mass is 10.1. The number of thioether (sulfide) groups is 1. The highest BCUT2D eigenvalue weighted by Gasteiger charge is 2.15. The second-order valence-corrected chi connectivity index (χ2v) is 8.80. The van der Waals surface area contributed by atoms with E-state index in [1.54, 1.807) is 30.3 Å². The van der Waals surface area contributed by atoms with Crippen LogP contribution in [0.4, 0.5) is 5.69 Å². The van der Waals surface area contributed by atoms with Gasteiger partial charge in [-0.1, -0.05) is 12.1 Å². The van der Waals surface area contributed by atoms with Crippen LogP contribution >= 0.6 is 11.8 Å². The Morgan fingerprint density at radius 3 is 2.25 bits per heavy atom. The van der Waals surface area contributed by atoms with Gasteiger partial charge < -0.3 is 10.6 Å². The van der Waals surface area contributed by atoms with Crippen molar-refractivity contribution in [3.05, 3.63) is 53.6 Å². The summed E-state index contributed by atoms with van der Waals surface area (Å²) in [7, 11) is -2.14. The van der Waals surface area contributed by atoms with Gasteiger partial charge in [0.1, 0.15) is 0 Å². The molecule has 0 aliphatic carbocycles. The number of sulfonamides is 1. The zero-order chi connectivity index (χ0) is 20.9. The molecule has 9 heteroatoms. The molecule has 2 amide bonds. The van der Waals surface area contributed by atoms with Crippen molar-refractivity contribution < 1.29 is 18.0 Å². The molecule has 0 bridgehead atoms. The minimum atomic E-state index is -3.50. The molecule has 150 valence electrons. The van der Waals surface area contributed by atoms with Crippen LogP contribution in [0.25, 0.3) is 0 Å². The Bertz CT molecular complexity index is 973. The van der Waals surface area contributed by atoms with Crippen LogP contribution in [0.15, 0.2) is 52.3 Å². The van der Waals surface area contributed by atoms with Crippen LogP contribution in [0.5, 0.6) is 0 Å². The van der Waals surface area contributed by atoms with Crippen LogP contribution in [0.3, 0.4) is 0 Å². The van der Waals surface area contributed by atoms with Crippen LogP contribution in [0, 0.1) is 0 Å². The molecule has 0 radical (unpaired) electrons. The predicted molar refractivity (Wildman–Crippen MR) is 111 cm³/mol. The molecule has 1 atom stereocenters. The zero-order valence-electron chi connectivity index (χ0n) is 16.1. The van der Waals surface area contributed by atoms with Crippen molar-refractivity contribution in [2.75, 3.05) is 18.6 Å². The molecule has 0 aliphatic heterocycles. The van der Waals surface area contributed by atoms with E-state index < -0.39 is 10.0 Å². The third kappa shape index (κ3) is 5.34. The van der Waals surface area contributed by atoms with Crippen LogP contribution in [-0.2, 0) is 14.8 Å². The Labute approximate surface area is 169 Å². The first kappa shape index (κ1) is 21.9. The first-order chi connectivity index (χ1) is 13.2. The number of benzene rings is 2. The number of carbonyl (C=O) groups is 2. The second-order valence-electron chi connectivity index (χ2n) is 6.07. The molecule has 2 aromatic carbocycles. The molecule has 0 fully saturated rings. The Balaban J connectivity index is 2.15. The van der Waals surface area contributed by atoms with Gasteiger partial charge in [-0.2, -0.15) is 0 Å². The number of hydrogen-bond donors (Lipinski definition) is 3. The van der Waals surface area contributed by atoms with E-state index in [2.05, 4.69) is 15.4 Å². The molecule has 0 saturated heterocycles. The van der Waals surface area contributed by atoms with Gasteiger partial charge in [-0.25, -0.2) is 13.1 Å². The Kier molecular flexibility index (Phi) is 7.22. The van der Waals surface area contributed by atoms with Gasteiger partial charge in [-0.15, -0.1) is 11.8 Å². The largest absolute Gasteiger partial charge is 0.346 e. The lowest BCUT2D eigenvalue weighted by Crippen LogP contribution is -2.27. The summed E-state index contributed by atoms with van der Waals surface area (Å²) in [5.74, 6) is -0.436. The van der Waals surface area contributed by atoms with Gasteiger partial charge in [0.05, 0.1) is 16.6 Å². The minimum absolute atomic E-state index is 0.162. The summed E-state index contributed by atoms with van der Waals surface area (Å²) < 4.78 is 25.8. The van der Waals surface area contributed by atoms with Gasteiger partial charge in [-0.05, 0) is 56.1 Å². The molecule has 0 spiro atoms. The fourth-order valence-electron chi connectivity index (χ4n) is 2.54. The van der Waals surface area contributed by atoms with Crippen molar-refractivity contribution >= 4 is 39.3 Å². The van der Waals surface area contributed by atoms with Crippen molar-refractivity contribution in [1.29, 1.82) is 0 Å². The number of carbonyl (C=O) groups excluding carboxylic acids is 2. The molecule has 28 heavy (non-hydrogen) atoms. The molecule has 3 N–H and O–H groups in total. The average Bonchev–Trinajstić information content (AvgIpc) is 2.67. The lowest BCUT2D eigenvalue weighted by molar-refractivity contribution is -0.114. The first-order valence-electron chi connectivity index (χ1n) is 8.48. The normalized spacial score (nSPS) is 12.3. The van der Waals surface area contributed by atoms with Crippen LogP contribution in [-0.4, -0.2) is 33.5 Å². The Hall–Kier alpha value is -2.36. The van der Waals surface area contributed by atoms with Crippen molar-refractivity contribution in [3.8, 4) is 0 Å². The lowest BCUT2D eigenvalue weighted by Gasteiger charge is -2.16. The van der Waals surface area contributed by atoms with E-state index in [4.69, 9.17) is 0 Å². The van der Waals surface area contributed by atoms with E-state index in [0.717, 1.165) is 10.5 Å². The molecule has 1 unspecified atom stereocenters. The number of rotatable bonds is 7. The molecule has 0 saturated carbocycles. The summed E-state index contributed by atoms with van der Waals surface area (Å²) in [5.41, 5.74) is 1.91. The summed E-state index contributed by atoms with van der Waals surface area (Å²) in [6.45, 7) is 3.25. The SMILES string of the molecule is CNS(=O)(=O)c1ccc(C(C)NC(=O)c2ccc(NC(C)=O)c(SC)c2)cc1. The van der Waals surface area contributed by atoms with Crippen molar-refractivity contribution in [1.82, 2.24) is 10.0 Å². The van der Waals surface area contributed by atoms with Gasteiger partial charge in [-0.3, -0.25) is 9.59 Å². The predicted octanol–water partition coefficient (Wildman–Crippen LogP) is 2.77. The zero-order valence-corrected chi connectivity index (χ0v) is 17.7. The topological polar surface area (TPSA) is 104 Å². The maximum Gasteiger partial charge on any atom is 0.251 e. The van der Waals surface area contributed by atoms with E-state index in [-0.39, 0.29) is 22.8 Å². The molecule has 7 nitrogen and oxygen atoms in total. The summed E-state index contributed by atoms with van der Waals surface area (Å²) in [5, 5.41) is 5.63. The molecule has 2 rings (SSSR count). The number of amides is 2. The van der Waals surface area contributed by atoms with Gasteiger partial charge in [0.15, 0.2) is 0 Å². The summed E-state index contributed by atoms with van der Waals surface area (Å²) in [6, 6.07) is 11.1. The van der Waals surface area contributed by atoms with Gasteiger partial charge in [0.2, 0.25) is 15.9 Å². The Morgan fingerprint density at radius 1 is 1.07 bits per heavy atom. The third-order valence-corrected chi connectivity index (χ3v) is 6.29. The van der Waals surface area contributed by atoms with E-state index >= 15 is 0 Å². The highest BCUT2D eigenvalue weighted by atomic mass is 32.2. The van der Waals surface area contributed by atoms with Crippen LogP contribution < -0.4 is 15.4 Å². The average molecular weight is 422 g/mol. The van der Waals surface area contributed by atoms with Crippen molar-refractivity contribution in [3.63, 3.8) is 0 Å². The number of hydrogen-bond acceptors (Lipinski definition) is 5. The fraction of sp³-hybridized carbons (Fsp3) is 0.263. The van der Waals surface area contributed by atoms with Gasteiger partial charge in [0, 0.05) is 17.4 Å². The molecular formula is C19H23N3O4S2. The molecule has 0 heterocycles. The van der Waals surface area contributed by atoms with E-state index in [1.807, 2.05) is 13.2 Å². The van der Waals surface area contributed by atoms with Crippen molar-refractivity contribution in [2.45, 2.75) is 29.7 Å². The Morgan fingerprint density at radius 2 is 1.71 bits per heavy atom. The minimum Gasteiger partial charge on any atom is -0.346 e. The maximum absolute atomic E-state index is 12.6. The van der Waals surface area contributed by atoms with E-state index in [1.165, 1.54) is 37.9 Å². The number of nitrogens with one attached hydrogen (secondary N) is 3. The quantitative estimate of drug-likeness (QED) is 0.597. The summed E-state index contributed by atoms with van der Waals surface area (Å²) in [4.78, 5) is 24.8. The van der Waals surface area contributed by atoms with Crippen LogP contribution in [0.1, 0.15) is 35.8 Å². The highest BCUT2D eigenvalue weighted by molar-refractivity contribution is 7.98. The smallest absolute Gasteiger partial charge is 0.251 e. The fourth-order valence-corrected chi connectivity index (χ4v) is 3.86. The van der Waals surface area contributed by atoms with E-state index in [0.29, 0.717) is 11.3 Å². The highest BCUT2D eigenvalue weighted by Crippen LogP contribution is 2.27. The third-order valence-electron chi connectivity index (χ3n) is 4.08.